The Morgan fingerprint density at radius 3 is 2.84 bits per heavy atom. The van der Waals surface area contributed by atoms with Crippen LogP contribution in [0.1, 0.15) is 42.8 Å². The third kappa shape index (κ3) is 3.66. The summed E-state index contributed by atoms with van der Waals surface area (Å²) in [6.07, 6.45) is 1.75. The zero-order valence-corrected chi connectivity index (χ0v) is 15.5. The second-order valence-corrected chi connectivity index (χ2v) is 7.39. The van der Waals surface area contributed by atoms with Crippen LogP contribution in [0, 0.1) is 12.8 Å². The normalized spacial score (nSPS) is 18.0. The van der Waals surface area contributed by atoms with Crippen LogP contribution in [-0.4, -0.2) is 35.8 Å². The van der Waals surface area contributed by atoms with Crippen LogP contribution in [0.4, 0.5) is 0 Å². The van der Waals surface area contributed by atoms with E-state index in [1.54, 1.807) is 17.0 Å². The number of rotatable bonds is 3. The van der Waals surface area contributed by atoms with Crippen LogP contribution in [0.5, 0.6) is 0 Å². The highest BCUT2D eigenvalue weighted by molar-refractivity contribution is 6.31. The lowest BCUT2D eigenvalue weighted by molar-refractivity contribution is -0.125. The molecule has 0 spiro atoms. The van der Waals surface area contributed by atoms with Crippen LogP contribution >= 0.6 is 11.6 Å². The molecule has 1 unspecified atom stereocenters. The summed E-state index contributed by atoms with van der Waals surface area (Å²) in [4.78, 5) is 26.6. The van der Waals surface area contributed by atoms with Gasteiger partial charge in [0, 0.05) is 41.0 Å². The highest BCUT2D eigenvalue weighted by Gasteiger charge is 2.29. The van der Waals surface area contributed by atoms with E-state index in [1.807, 2.05) is 26.8 Å². The highest BCUT2D eigenvalue weighted by Crippen LogP contribution is 2.29. The molecule has 2 heterocycles. The summed E-state index contributed by atoms with van der Waals surface area (Å²) < 4.78 is 5.79. The topological polar surface area (TPSA) is 62.6 Å². The van der Waals surface area contributed by atoms with Gasteiger partial charge in [0.15, 0.2) is 5.76 Å². The van der Waals surface area contributed by atoms with E-state index in [-0.39, 0.29) is 23.8 Å². The minimum Gasteiger partial charge on any atom is -0.451 e. The average Bonchev–Trinajstić information content (AvgIpc) is 2.91. The van der Waals surface area contributed by atoms with Crippen LogP contribution in [0.15, 0.2) is 22.6 Å². The molecule has 0 aliphatic carbocycles. The molecule has 2 amide bonds. The fourth-order valence-electron chi connectivity index (χ4n) is 3.19. The maximum atomic E-state index is 12.9. The number of halogens is 1. The highest BCUT2D eigenvalue weighted by atomic mass is 35.5. The van der Waals surface area contributed by atoms with Gasteiger partial charge in [0.2, 0.25) is 5.91 Å². The molecule has 1 aromatic carbocycles. The third-order valence-electron chi connectivity index (χ3n) is 4.67. The molecule has 2 aromatic rings. The molecule has 3 rings (SSSR count). The second-order valence-electron chi connectivity index (χ2n) is 6.95. The van der Waals surface area contributed by atoms with Gasteiger partial charge in [0.25, 0.3) is 5.91 Å². The maximum Gasteiger partial charge on any atom is 0.289 e. The number of nitrogens with one attached hydrogen (secondary N) is 1. The number of piperidine rings is 1. The zero-order chi connectivity index (χ0) is 18.1. The van der Waals surface area contributed by atoms with Crippen molar-refractivity contribution in [2.45, 2.75) is 39.7 Å². The molecule has 5 nitrogen and oxygen atoms in total. The number of carbonyl (C=O) groups is 2. The third-order valence-corrected chi connectivity index (χ3v) is 4.91. The molecule has 1 N–H and O–H groups in total. The molecular formula is C19H23ClN2O3. The summed E-state index contributed by atoms with van der Waals surface area (Å²) in [6, 6.07) is 5.34. The first-order chi connectivity index (χ1) is 11.9. The SMILES string of the molecule is Cc1c(C(=O)N2CCCC(NC(=O)C(C)C)C2)oc2ccc(Cl)cc12. The minimum atomic E-state index is -0.131. The molecule has 1 aliphatic heterocycles. The van der Waals surface area contributed by atoms with Crippen molar-refractivity contribution in [3.05, 3.63) is 34.5 Å². The zero-order valence-electron chi connectivity index (χ0n) is 14.8. The van der Waals surface area contributed by atoms with Gasteiger partial charge in [-0.1, -0.05) is 25.4 Å². The molecular weight excluding hydrogens is 340 g/mol. The lowest BCUT2D eigenvalue weighted by Gasteiger charge is -2.33. The van der Waals surface area contributed by atoms with Crippen molar-refractivity contribution in [3.63, 3.8) is 0 Å². The van der Waals surface area contributed by atoms with Crippen LogP contribution in [-0.2, 0) is 4.79 Å². The van der Waals surface area contributed by atoms with Crippen LogP contribution in [0.2, 0.25) is 5.02 Å². The van der Waals surface area contributed by atoms with E-state index in [9.17, 15) is 9.59 Å². The van der Waals surface area contributed by atoms with Crippen LogP contribution in [0.3, 0.4) is 0 Å². The predicted octanol–water partition coefficient (Wildman–Crippen LogP) is 3.77. The average molecular weight is 363 g/mol. The van der Waals surface area contributed by atoms with Crippen molar-refractivity contribution >= 4 is 34.4 Å². The number of nitrogens with zero attached hydrogens (tertiary/aromatic N) is 1. The van der Waals surface area contributed by atoms with Crippen molar-refractivity contribution in [2.24, 2.45) is 5.92 Å². The van der Waals surface area contributed by atoms with Gasteiger partial charge < -0.3 is 14.6 Å². The lowest BCUT2D eigenvalue weighted by Crippen LogP contribution is -2.50. The van der Waals surface area contributed by atoms with Gasteiger partial charge in [-0.25, -0.2) is 0 Å². The number of fused-ring (bicyclic) bond motifs is 1. The van der Waals surface area contributed by atoms with Crippen LogP contribution in [0.25, 0.3) is 11.0 Å². The molecule has 25 heavy (non-hydrogen) atoms. The summed E-state index contributed by atoms with van der Waals surface area (Å²) >= 11 is 6.04. The Morgan fingerprint density at radius 1 is 1.36 bits per heavy atom. The van der Waals surface area contributed by atoms with Gasteiger partial charge in [-0.3, -0.25) is 9.59 Å². The summed E-state index contributed by atoms with van der Waals surface area (Å²) in [7, 11) is 0. The molecule has 0 radical (unpaired) electrons. The number of hydrogen-bond acceptors (Lipinski definition) is 3. The number of likely N-dealkylation sites (tertiary alicyclic amines) is 1. The molecule has 134 valence electrons. The van der Waals surface area contributed by atoms with Crippen molar-refractivity contribution in [1.82, 2.24) is 10.2 Å². The molecule has 0 saturated carbocycles. The van der Waals surface area contributed by atoms with Gasteiger partial charge >= 0.3 is 0 Å². The smallest absolute Gasteiger partial charge is 0.289 e. The number of hydrogen-bond donors (Lipinski definition) is 1. The van der Waals surface area contributed by atoms with E-state index in [0.29, 0.717) is 29.5 Å². The monoisotopic (exact) mass is 362 g/mol. The summed E-state index contributed by atoms with van der Waals surface area (Å²) in [6.45, 7) is 6.78. The van der Waals surface area contributed by atoms with E-state index >= 15 is 0 Å². The summed E-state index contributed by atoms with van der Waals surface area (Å²) in [5.74, 6) is 0.184. The Labute approximate surface area is 152 Å². The minimum absolute atomic E-state index is 0.00766. The molecule has 1 saturated heterocycles. The Balaban J connectivity index is 1.78. The van der Waals surface area contributed by atoms with E-state index < -0.39 is 0 Å². The van der Waals surface area contributed by atoms with E-state index in [2.05, 4.69) is 5.32 Å². The Morgan fingerprint density at radius 2 is 2.12 bits per heavy atom. The molecule has 6 heteroatoms. The van der Waals surface area contributed by atoms with Crippen molar-refractivity contribution in [1.29, 1.82) is 0 Å². The van der Waals surface area contributed by atoms with E-state index in [0.717, 1.165) is 23.8 Å². The predicted molar refractivity (Wildman–Crippen MR) is 97.9 cm³/mol. The van der Waals surface area contributed by atoms with E-state index in [4.69, 9.17) is 16.0 Å². The van der Waals surface area contributed by atoms with Gasteiger partial charge in [0.05, 0.1) is 0 Å². The molecule has 1 atom stereocenters. The van der Waals surface area contributed by atoms with Crippen molar-refractivity contribution < 1.29 is 14.0 Å². The maximum absolute atomic E-state index is 12.9. The molecule has 1 aromatic heterocycles. The number of benzene rings is 1. The summed E-state index contributed by atoms with van der Waals surface area (Å²) in [5.41, 5.74) is 1.46. The quantitative estimate of drug-likeness (QED) is 0.903. The van der Waals surface area contributed by atoms with Crippen molar-refractivity contribution in [3.8, 4) is 0 Å². The Bertz CT molecular complexity index is 812. The largest absolute Gasteiger partial charge is 0.451 e. The Hall–Kier alpha value is -2.01. The van der Waals surface area contributed by atoms with E-state index in [1.165, 1.54) is 0 Å². The first-order valence-electron chi connectivity index (χ1n) is 8.65. The first-order valence-corrected chi connectivity index (χ1v) is 9.03. The number of aryl methyl sites for hydroxylation is 1. The molecule has 1 fully saturated rings. The number of carbonyl (C=O) groups excluding carboxylic acids is 2. The van der Waals surface area contributed by atoms with Crippen molar-refractivity contribution in [2.75, 3.05) is 13.1 Å². The fraction of sp³-hybridized carbons (Fsp3) is 0.474. The van der Waals surface area contributed by atoms with Gasteiger partial charge in [-0.15, -0.1) is 0 Å². The standard InChI is InChI=1S/C19H23ClN2O3/c1-11(2)18(23)21-14-5-4-8-22(10-14)19(24)17-12(3)15-9-13(20)6-7-16(15)25-17/h6-7,9,11,14H,4-5,8,10H2,1-3H3,(H,21,23). The first kappa shape index (κ1) is 17.8. The Kier molecular flexibility index (Phi) is 5.04. The molecule has 0 bridgehead atoms. The van der Waals surface area contributed by atoms with Crippen LogP contribution < -0.4 is 5.32 Å². The second kappa shape index (κ2) is 7.08. The summed E-state index contributed by atoms with van der Waals surface area (Å²) in [5, 5.41) is 4.50. The van der Waals surface area contributed by atoms with Gasteiger partial charge in [0.1, 0.15) is 5.58 Å². The molecule has 1 aliphatic rings. The number of amides is 2. The van der Waals surface area contributed by atoms with Gasteiger partial charge in [-0.05, 0) is 38.0 Å². The van der Waals surface area contributed by atoms with Gasteiger partial charge in [-0.2, -0.15) is 0 Å². The number of furan rings is 1. The lowest BCUT2D eigenvalue weighted by atomic mass is 10.0. The fourth-order valence-corrected chi connectivity index (χ4v) is 3.36.